The van der Waals surface area contributed by atoms with Crippen molar-refractivity contribution in [3.05, 3.63) is 23.8 Å². The molecule has 0 saturated carbocycles. The van der Waals surface area contributed by atoms with Gasteiger partial charge in [-0.3, -0.25) is 4.79 Å². The molecule has 1 aromatic carbocycles. The van der Waals surface area contributed by atoms with Gasteiger partial charge in [0.25, 0.3) is 0 Å². The van der Waals surface area contributed by atoms with Gasteiger partial charge in [-0.15, -0.1) is 11.8 Å². The second kappa shape index (κ2) is 7.37. The topological polar surface area (TPSA) is 95.6 Å². The van der Waals surface area contributed by atoms with Crippen LogP contribution in [0.2, 0.25) is 0 Å². The van der Waals surface area contributed by atoms with Gasteiger partial charge in [0.1, 0.15) is 0 Å². The van der Waals surface area contributed by atoms with Gasteiger partial charge in [-0.1, -0.05) is 6.07 Å². The maximum atomic E-state index is 12.0. The lowest BCUT2D eigenvalue weighted by Gasteiger charge is -2.15. The fourth-order valence-corrected chi connectivity index (χ4v) is 2.23. The van der Waals surface area contributed by atoms with E-state index in [1.165, 1.54) is 11.8 Å². The van der Waals surface area contributed by atoms with Crippen molar-refractivity contribution in [2.75, 3.05) is 23.4 Å². The smallest absolute Gasteiger partial charge is 0.237 e. The molecule has 2 unspecified atom stereocenters. The fraction of sp³-hybridized carbons (Fsp3) is 0.462. The highest BCUT2D eigenvalue weighted by Gasteiger charge is 2.16. The Balaban J connectivity index is 2.56. The summed E-state index contributed by atoms with van der Waals surface area (Å²) in [6, 6.07) is 5.36. The predicted molar refractivity (Wildman–Crippen MR) is 79.2 cm³/mol. The molecule has 5 nitrogen and oxygen atoms in total. The summed E-state index contributed by atoms with van der Waals surface area (Å²) in [5.41, 5.74) is 7.94. The monoisotopic (exact) mass is 284 g/mol. The van der Waals surface area contributed by atoms with Crippen LogP contribution in [0.25, 0.3) is 0 Å². The van der Waals surface area contributed by atoms with Crippen molar-refractivity contribution in [2.45, 2.75) is 25.2 Å². The van der Waals surface area contributed by atoms with Gasteiger partial charge in [0, 0.05) is 17.1 Å². The van der Waals surface area contributed by atoms with Crippen LogP contribution in [0.3, 0.4) is 0 Å². The zero-order chi connectivity index (χ0) is 14.4. The summed E-state index contributed by atoms with van der Waals surface area (Å²) in [5, 5.41) is 20.4. The summed E-state index contributed by atoms with van der Waals surface area (Å²) < 4.78 is 0. The van der Waals surface area contributed by atoms with E-state index in [9.17, 15) is 9.90 Å². The molecule has 1 aromatic rings. The Bertz CT molecular complexity index is 440. The molecule has 106 valence electrons. The number of carbonyl (C=O) groups excluding carboxylic acids is 1. The number of hydrogen-bond donors (Lipinski definition) is 4. The second-order valence-electron chi connectivity index (χ2n) is 4.32. The number of anilines is 2. The largest absolute Gasteiger partial charge is 0.398 e. The fourth-order valence-electron chi connectivity index (χ4n) is 1.41. The van der Waals surface area contributed by atoms with Crippen molar-refractivity contribution in [1.82, 2.24) is 0 Å². The number of amides is 1. The molecular formula is C13H20N2O3S. The highest BCUT2D eigenvalue weighted by atomic mass is 32.2. The molecule has 2 atom stereocenters. The van der Waals surface area contributed by atoms with E-state index in [0.717, 1.165) is 5.56 Å². The van der Waals surface area contributed by atoms with E-state index < -0.39 is 6.10 Å². The quantitative estimate of drug-likeness (QED) is 0.584. The number of aliphatic hydroxyl groups excluding tert-OH is 2. The lowest BCUT2D eigenvalue weighted by molar-refractivity contribution is -0.115. The lowest BCUT2D eigenvalue weighted by Crippen LogP contribution is -2.25. The number of nitrogens with two attached hydrogens (primary N) is 1. The Kier molecular flexibility index (Phi) is 6.14. The standard InChI is InChI=1S/C13H20N2O3S/c1-8-11(14)4-3-5-12(8)15-13(18)9(2)19-7-10(17)6-16/h3-5,9-10,16-17H,6-7,14H2,1-2H3,(H,15,18). The van der Waals surface area contributed by atoms with Crippen molar-refractivity contribution >= 4 is 29.0 Å². The summed E-state index contributed by atoms with van der Waals surface area (Å²) >= 11 is 1.29. The van der Waals surface area contributed by atoms with Gasteiger partial charge < -0.3 is 21.3 Å². The van der Waals surface area contributed by atoms with Gasteiger partial charge in [-0.25, -0.2) is 0 Å². The van der Waals surface area contributed by atoms with E-state index in [0.29, 0.717) is 17.1 Å². The van der Waals surface area contributed by atoms with Crippen LogP contribution in [0, 0.1) is 6.92 Å². The van der Waals surface area contributed by atoms with Crippen LogP contribution < -0.4 is 11.1 Å². The van der Waals surface area contributed by atoms with Crippen molar-refractivity contribution in [1.29, 1.82) is 0 Å². The molecular weight excluding hydrogens is 264 g/mol. The summed E-state index contributed by atoms with van der Waals surface area (Å²) in [6.07, 6.45) is -0.797. The number of nitrogens with one attached hydrogen (secondary N) is 1. The number of benzene rings is 1. The maximum absolute atomic E-state index is 12.0. The van der Waals surface area contributed by atoms with Crippen LogP contribution in [0.15, 0.2) is 18.2 Å². The Morgan fingerprint density at radius 1 is 1.53 bits per heavy atom. The average Bonchev–Trinajstić information content (AvgIpc) is 2.40. The van der Waals surface area contributed by atoms with Crippen LogP contribution >= 0.6 is 11.8 Å². The minimum atomic E-state index is -0.797. The van der Waals surface area contributed by atoms with E-state index >= 15 is 0 Å². The first-order chi connectivity index (χ1) is 8.95. The van der Waals surface area contributed by atoms with Gasteiger partial charge in [-0.2, -0.15) is 0 Å². The first-order valence-corrected chi connectivity index (χ1v) is 7.07. The second-order valence-corrected chi connectivity index (χ2v) is 5.69. The predicted octanol–water partition coefficient (Wildman–Crippen LogP) is 0.991. The van der Waals surface area contributed by atoms with E-state index in [4.69, 9.17) is 10.8 Å². The van der Waals surface area contributed by atoms with Crippen LogP contribution in [-0.4, -0.2) is 39.8 Å². The summed E-state index contributed by atoms with van der Waals surface area (Å²) in [5.74, 6) is 0.171. The number of hydrogen-bond acceptors (Lipinski definition) is 5. The van der Waals surface area contributed by atoms with E-state index in [-0.39, 0.29) is 17.8 Å². The Morgan fingerprint density at radius 3 is 2.84 bits per heavy atom. The van der Waals surface area contributed by atoms with E-state index in [1.807, 2.05) is 6.92 Å². The van der Waals surface area contributed by atoms with Gasteiger partial charge in [0.15, 0.2) is 0 Å². The van der Waals surface area contributed by atoms with E-state index in [2.05, 4.69) is 5.32 Å². The number of aliphatic hydroxyl groups is 2. The molecule has 0 aliphatic rings. The highest BCUT2D eigenvalue weighted by Crippen LogP contribution is 2.22. The van der Waals surface area contributed by atoms with Gasteiger partial charge >= 0.3 is 0 Å². The summed E-state index contributed by atoms with van der Waals surface area (Å²) in [6.45, 7) is 3.31. The van der Waals surface area contributed by atoms with Crippen molar-refractivity contribution < 1.29 is 15.0 Å². The zero-order valence-electron chi connectivity index (χ0n) is 11.1. The number of nitrogen functional groups attached to an aromatic ring is 1. The average molecular weight is 284 g/mol. The van der Waals surface area contributed by atoms with Crippen LogP contribution in [0.5, 0.6) is 0 Å². The summed E-state index contributed by atoms with van der Waals surface area (Å²) in [4.78, 5) is 12.0. The first-order valence-electron chi connectivity index (χ1n) is 6.02. The SMILES string of the molecule is Cc1c(N)cccc1NC(=O)C(C)SCC(O)CO. The van der Waals surface area contributed by atoms with E-state index in [1.54, 1.807) is 25.1 Å². The minimum Gasteiger partial charge on any atom is -0.398 e. The molecule has 0 saturated heterocycles. The minimum absolute atomic E-state index is 0.149. The molecule has 0 fully saturated rings. The van der Waals surface area contributed by atoms with Crippen LogP contribution in [0.1, 0.15) is 12.5 Å². The van der Waals surface area contributed by atoms with Crippen molar-refractivity contribution in [3.8, 4) is 0 Å². The molecule has 0 bridgehead atoms. The van der Waals surface area contributed by atoms with Crippen molar-refractivity contribution in [3.63, 3.8) is 0 Å². The molecule has 1 rings (SSSR count). The molecule has 0 heterocycles. The third kappa shape index (κ3) is 4.74. The molecule has 0 spiro atoms. The normalized spacial score (nSPS) is 13.9. The molecule has 0 aromatic heterocycles. The third-order valence-electron chi connectivity index (χ3n) is 2.75. The van der Waals surface area contributed by atoms with Crippen LogP contribution in [-0.2, 0) is 4.79 Å². The number of carbonyl (C=O) groups is 1. The lowest BCUT2D eigenvalue weighted by atomic mass is 10.1. The molecule has 19 heavy (non-hydrogen) atoms. The Morgan fingerprint density at radius 2 is 2.21 bits per heavy atom. The maximum Gasteiger partial charge on any atom is 0.237 e. The first kappa shape index (κ1) is 15.8. The third-order valence-corrected chi connectivity index (χ3v) is 4.04. The summed E-state index contributed by atoms with van der Waals surface area (Å²) in [7, 11) is 0. The Labute approximate surface area is 117 Å². The molecule has 0 aliphatic heterocycles. The molecule has 0 aliphatic carbocycles. The molecule has 1 amide bonds. The zero-order valence-corrected chi connectivity index (χ0v) is 11.9. The number of rotatable bonds is 6. The molecule has 0 radical (unpaired) electrons. The highest BCUT2D eigenvalue weighted by molar-refractivity contribution is 8.00. The molecule has 5 N–H and O–H groups in total. The Hall–Kier alpha value is -1.24. The number of thioether (sulfide) groups is 1. The molecule has 6 heteroatoms. The van der Waals surface area contributed by atoms with Gasteiger partial charge in [0.2, 0.25) is 5.91 Å². The van der Waals surface area contributed by atoms with Gasteiger partial charge in [-0.05, 0) is 31.5 Å². The van der Waals surface area contributed by atoms with Crippen LogP contribution in [0.4, 0.5) is 11.4 Å². The van der Waals surface area contributed by atoms with Gasteiger partial charge in [0.05, 0.1) is 18.0 Å². The van der Waals surface area contributed by atoms with Crippen molar-refractivity contribution in [2.24, 2.45) is 0 Å².